The fourth-order valence-corrected chi connectivity index (χ4v) is 2.39. The molecule has 2 heterocycles. The zero-order valence-corrected chi connectivity index (χ0v) is 13.9. The lowest BCUT2D eigenvalue weighted by Crippen LogP contribution is -2.15. The van der Waals surface area contributed by atoms with Crippen molar-refractivity contribution in [2.75, 3.05) is 5.32 Å². The summed E-state index contributed by atoms with van der Waals surface area (Å²) in [5, 5.41) is 15.7. The number of carbonyl (C=O) groups is 2. The largest absolute Gasteiger partial charge is 0.476 e. The first-order chi connectivity index (χ1) is 11.9. The Balaban J connectivity index is 1.93. The van der Waals surface area contributed by atoms with E-state index in [4.69, 9.17) is 4.42 Å². The first-order valence-corrected chi connectivity index (χ1v) is 7.49. The van der Waals surface area contributed by atoms with E-state index >= 15 is 0 Å². The maximum atomic E-state index is 12.5. The predicted molar refractivity (Wildman–Crippen MR) is 89.5 cm³/mol. The molecule has 8 nitrogen and oxygen atoms in total. The molecule has 1 aromatic carbocycles. The van der Waals surface area contributed by atoms with Gasteiger partial charge >= 0.3 is 5.97 Å². The van der Waals surface area contributed by atoms with Crippen molar-refractivity contribution in [1.82, 2.24) is 14.8 Å². The number of nitrogens with one attached hydrogen (secondary N) is 1. The first-order valence-electron chi connectivity index (χ1n) is 7.49. The number of aromatic carboxylic acids is 1. The third-order valence-electron chi connectivity index (χ3n) is 3.80. The highest BCUT2D eigenvalue weighted by Gasteiger charge is 2.24. The number of oxazole rings is 1. The molecule has 0 saturated carbocycles. The molecule has 0 saturated heterocycles. The summed E-state index contributed by atoms with van der Waals surface area (Å²) in [6.45, 7) is 3.32. The van der Waals surface area contributed by atoms with E-state index in [-0.39, 0.29) is 17.1 Å². The zero-order valence-electron chi connectivity index (χ0n) is 13.9. The van der Waals surface area contributed by atoms with Gasteiger partial charge in [-0.15, -0.1) is 0 Å². The Morgan fingerprint density at radius 2 is 1.88 bits per heavy atom. The van der Waals surface area contributed by atoms with Gasteiger partial charge in [-0.1, -0.05) is 18.2 Å². The SMILES string of the molecule is Cc1nc(-c2ccccc2)oc1C(=O)Nc1c(C(=O)O)nn(C)c1C. The average Bonchev–Trinajstić information content (AvgIpc) is 3.11. The van der Waals surface area contributed by atoms with Crippen LogP contribution in [0.25, 0.3) is 11.5 Å². The van der Waals surface area contributed by atoms with Gasteiger partial charge in [-0.25, -0.2) is 9.78 Å². The summed E-state index contributed by atoms with van der Waals surface area (Å²) in [6.07, 6.45) is 0. The molecule has 1 amide bonds. The van der Waals surface area contributed by atoms with Crippen molar-refractivity contribution in [2.45, 2.75) is 13.8 Å². The summed E-state index contributed by atoms with van der Waals surface area (Å²) in [5.41, 5.74) is 1.58. The van der Waals surface area contributed by atoms with Crippen LogP contribution in [0.1, 0.15) is 32.4 Å². The normalized spacial score (nSPS) is 10.7. The van der Waals surface area contributed by atoms with E-state index in [1.165, 1.54) is 4.68 Å². The second-order valence-corrected chi connectivity index (χ2v) is 5.49. The van der Waals surface area contributed by atoms with Crippen molar-refractivity contribution in [3.8, 4) is 11.5 Å². The molecule has 25 heavy (non-hydrogen) atoms. The Bertz CT molecular complexity index is 957. The quantitative estimate of drug-likeness (QED) is 0.755. The molecule has 0 atom stereocenters. The average molecular weight is 340 g/mol. The van der Waals surface area contributed by atoms with Gasteiger partial charge in [0.05, 0.1) is 17.1 Å². The standard InChI is InChI=1S/C17H16N4O4/c1-9-14(25-16(18-9)11-7-5-4-6-8-11)15(22)19-12-10(2)21(3)20-13(12)17(23)24/h4-8H,1-3H3,(H,19,22)(H,23,24). The molecule has 2 aromatic heterocycles. The highest BCUT2D eigenvalue weighted by Crippen LogP contribution is 2.24. The van der Waals surface area contributed by atoms with Crippen LogP contribution in [-0.2, 0) is 7.05 Å². The lowest BCUT2D eigenvalue weighted by Gasteiger charge is -2.04. The molecule has 0 unspecified atom stereocenters. The number of carboxylic acid groups (broad SMARTS) is 1. The number of hydrogen-bond donors (Lipinski definition) is 2. The Morgan fingerprint density at radius 1 is 1.20 bits per heavy atom. The monoisotopic (exact) mass is 340 g/mol. The summed E-state index contributed by atoms with van der Waals surface area (Å²) in [6, 6.07) is 9.19. The smallest absolute Gasteiger partial charge is 0.358 e. The van der Waals surface area contributed by atoms with Crippen molar-refractivity contribution in [1.29, 1.82) is 0 Å². The number of hydrogen-bond acceptors (Lipinski definition) is 5. The van der Waals surface area contributed by atoms with Gasteiger partial charge < -0.3 is 14.8 Å². The fraction of sp³-hybridized carbons (Fsp3) is 0.176. The van der Waals surface area contributed by atoms with Crippen LogP contribution in [0.3, 0.4) is 0 Å². The minimum Gasteiger partial charge on any atom is -0.476 e. The Labute approximate surface area is 143 Å². The first kappa shape index (κ1) is 16.4. The van der Waals surface area contributed by atoms with E-state index in [9.17, 15) is 14.7 Å². The van der Waals surface area contributed by atoms with Crippen LogP contribution in [-0.4, -0.2) is 31.7 Å². The summed E-state index contributed by atoms with van der Waals surface area (Å²) >= 11 is 0. The lowest BCUT2D eigenvalue weighted by molar-refractivity contribution is 0.0690. The van der Waals surface area contributed by atoms with E-state index in [2.05, 4.69) is 15.4 Å². The van der Waals surface area contributed by atoms with Crippen LogP contribution in [0.15, 0.2) is 34.7 Å². The zero-order chi connectivity index (χ0) is 18.1. The third-order valence-corrected chi connectivity index (χ3v) is 3.80. The highest BCUT2D eigenvalue weighted by molar-refractivity contribution is 6.06. The molecule has 0 spiro atoms. The third kappa shape index (κ3) is 3.01. The van der Waals surface area contributed by atoms with Crippen molar-refractivity contribution in [3.63, 3.8) is 0 Å². The molecule has 0 aliphatic carbocycles. The Morgan fingerprint density at radius 3 is 2.52 bits per heavy atom. The van der Waals surface area contributed by atoms with Gasteiger partial charge in [0.1, 0.15) is 0 Å². The number of anilines is 1. The highest BCUT2D eigenvalue weighted by atomic mass is 16.4. The lowest BCUT2D eigenvalue weighted by atomic mass is 10.2. The minimum atomic E-state index is -1.22. The van der Waals surface area contributed by atoms with Gasteiger partial charge in [-0.05, 0) is 26.0 Å². The maximum absolute atomic E-state index is 12.5. The molecular formula is C17H16N4O4. The van der Waals surface area contributed by atoms with Gasteiger partial charge in [0.15, 0.2) is 5.69 Å². The molecule has 128 valence electrons. The van der Waals surface area contributed by atoms with Gasteiger partial charge in [-0.3, -0.25) is 9.48 Å². The van der Waals surface area contributed by atoms with Gasteiger partial charge in [0, 0.05) is 12.6 Å². The van der Waals surface area contributed by atoms with Crippen molar-refractivity contribution in [2.24, 2.45) is 7.05 Å². The van der Waals surface area contributed by atoms with Gasteiger partial charge in [-0.2, -0.15) is 5.10 Å². The minimum absolute atomic E-state index is 0.0263. The summed E-state index contributed by atoms with van der Waals surface area (Å²) in [4.78, 5) is 28.1. The van der Waals surface area contributed by atoms with Crippen molar-refractivity contribution < 1.29 is 19.1 Å². The molecule has 8 heteroatoms. The molecule has 0 aliphatic heterocycles. The van der Waals surface area contributed by atoms with Crippen molar-refractivity contribution in [3.05, 3.63) is 53.2 Å². The fourth-order valence-electron chi connectivity index (χ4n) is 2.39. The molecule has 0 aliphatic rings. The molecule has 3 rings (SSSR count). The molecule has 0 fully saturated rings. The number of carbonyl (C=O) groups excluding carboxylic acids is 1. The molecule has 3 aromatic rings. The number of benzene rings is 1. The molecule has 0 bridgehead atoms. The van der Waals surface area contributed by atoms with Crippen LogP contribution in [0.2, 0.25) is 0 Å². The second-order valence-electron chi connectivity index (χ2n) is 5.49. The number of amides is 1. The summed E-state index contributed by atoms with van der Waals surface area (Å²) in [7, 11) is 1.60. The van der Waals surface area contributed by atoms with Crippen LogP contribution in [0.4, 0.5) is 5.69 Å². The van der Waals surface area contributed by atoms with Crippen LogP contribution in [0.5, 0.6) is 0 Å². The number of aromatic nitrogens is 3. The van der Waals surface area contributed by atoms with Gasteiger partial charge in [0.2, 0.25) is 11.7 Å². The van der Waals surface area contributed by atoms with Crippen LogP contribution >= 0.6 is 0 Å². The molecule has 2 N–H and O–H groups in total. The van der Waals surface area contributed by atoms with Crippen LogP contribution < -0.4 is 5.32 Å². The van der Waals surface area contributed by atoms with Crippen LogP contribution in [0, 0.1) is 13.8 Å². The maximum Gasteiger partial charge on any atom is 0.358 e. The number of rotatable bonds is 4. The van der Waals surface area contributed by atoms with Gasteiger partial charge in [0.25, 0.3) is 5.91 Å². The van der Waals surface area contributed by atoms with E-state index in [1.807, 2.05) is 30.3 Å². The topological polar surface area (TPSA) is 110 Å². The predicted octanol–water partition coefficient (Wildman–Crippen LogP) is 2.64. The van der Waals surface area contributed by atoms with E-state index in [0.29, 0.717) is 17.3 Å². The van der Waals surface area contributed by atoms with Crippen molar-refractivity contribution >= 4 is 17.6 Å². The number of nitrogens with zero attached hydrogens (tertiary/aromatic N) is 3. The number of aryl methyl sites for hydroxylation is 2. The molecule has 0 radical (unpaired) electrons. The summed E-state index contributed by atoms with van der Waals surface area (Å²) in [5.74, 6) is -1.45. The molecular weight excluding hydrogens is 324 g/mol. The Hall–Kier alpha value is -3.42. The Kier molecular flexibility index (Phi) is 4.10. The van der Waals surface area contributed by atoms with E-state index in [0.717, 1.165) is 5.56 Å². The van der Waals surface area contributed by atoms with E-state index in [1.54, 1.807) is 20.9 Å². The summed E-state index contributed by atoms with van der Waals surface area (Å²) < 4.78 is 6.97. The number of carboxylic acids is 1. The van der Waals surface area contributed by atoms with E-state index < -0.39 is 11.9 Å². The second kappa shape index (κ2) is 6.23.